The summed E-state index contributed by atoms with van der Waals surface area (Å²) in [6.45, 7) is 18.2. The summed E-state index contributed by atoms with van der Waals surface area (Å²) in [5, 5.41) is 15.4. The minimum atomic E-state index is -0.487. The van der Waals surface area contributed by atoms with Gasteiger partial charge in [-0.1, -0.05) is 74.7 Å². The molecule has 4 aliphatic rings. The first kappa shape index (κ1) is 35.9. The quantitative estimate of drug-likeness (QED) is 0.418. The predicted octanol–water partition coefficient (Wildman–Crippen LogP) is 3.41. The SMILES string of the molecule is CC(C)C(=O)N1C2COCC1CC(O)C2.CC(C)C(=O)NOC1COC1.CC(C)C1CCC1.CC(C)c1n[nH]c(=O)o1. The van der Waals surface area contributed by atoms with E-state index < -0.39 is 5.76 Å². The molecule has 5 rings (SSSR count). The Kier molecular flexibility index (Phi) is 15.2. The number of hydroxylamine groups is 1. The van der Waals surface area contributed by atoms with Gasteiger partial charge in [-0.25, -0.2) is 15.4 Å². The van der Waals surface area contributed by atoms with Crippen LogP contribution in [-0.4, -0.2) is 82.7 Å². The van der Waals surface area contributed by atoms with Crippen LogP contribution in [0.1, 0.15) is 99.3 Å². The minimum absolute atomic E-state index is 0.0309. The molecule has 242 valence electrons. The van der Waals surface area contributed by atoms with E-state index in [9.17, 15) is 19.5 Å². The number of amides is 2. The Morgan fingerprint density at radius 2 is 1.52 bits per heavy atom. The number of aromatic amines is 1. The van der Waals surface area contributed by atoms with Crippen LogP contribution in [0.15, 0.2) is 9.21 Å². The van der Waals surface area contributed by atoms with Crippen molar-refractivity contribution in [3.63, 3.8) is 0 Å². The number of nitrogens with one attached hydrogen (secondary N) is 2. The van der Waals surface area contributed by atoms with Crippen LogP contribution >= 0.6 is 0 Å². The summed E-state index contributed by atoms with van der Waals surface area (Å²) in [5.74, 6) is 2.29. The van der Waals surface area contributed by atoms with Crippen LogP contribution in [0, 0.1) is 23.7 Å². The summed E-state index contributed by atoms with van der Waals surface area (Å²) in [7, 11) is 0. The van der Waals surface area contributed by atoms with Gasteiger partial charge in [0.1, 0.15) is 6.10 Å². The third kappa shape index (κ3) is 11.8. The molecular formula is C30H54N4O8. The number of hydrogen-bond donors (Lipinski definition) is 3. The fraction of sp³-hybridized carbons (Fsp3) is 0.867. The first-order chi connectivity index (χ1) is 19.8. The molecule has 12 heteroatoms. The molecule has 0 spiro atoms. The van der Waals surface area contributed by atoms with Gasteiger partial charge in [-0.05, 0) is 24.7 Å². The molecular weight excluding hydrogens is 544 g/mol. The number of fused-ring (bicyclic) bond motifs is 2. The fourth-order valence-electron chi connectivity index (χ4n) is 4.68. The van der Waals surface area contributed by atoms with Crippen molar-refractivity contribution >= 4 is 11.8 Å². The lowest BCUT2D eigenvalue weighted by atomic mass is 9.78. The van der Waals surface area contributed by atoms with E-state index in [0.717, 1.165) is 11.8 Å². The number of ether oxygens (including phenoxy) is 2. The van der Waals surface area contributed by atoms with E-state index in [0.29, 0.717) is 45.2 Å². The zero-order valence-electron chi connectivity index (χ0n) is 26.8. The van der Waals surface area contributed by atoms with Crippen LogP contribution in [0.5, 0.6) is 0 Å². The third-order valence-corrected chi connectivity index (χ3v) is 7.74. The average Bonchev–Trinajstić information content (AvgIpc) is 3.28. The highest BCUT2D eigenvalue weighted by Gasteiger charge is 2.41. The van der Waals surface area contributed by atoms with Gasteiger partial charge in [0.25, 0.3) is 0 Å². The Morgan fingerprint density at radius 3 is 1.83 bits per heavy atom. The molecule has 0 radical (unpaired) electrons. The van der Waals surface area contributed by atoms with E-state index in [2.05, 4.69) is 33.9 Å². The molecule has 4 fully saturated rings. The Hall–Kier alpha value is -2.28. The van der Waals surface area contributed by atoms with E-state index in [1.54, 1.807) is 0 Å². The number of piperidine rings is 1. The number of aliphatic hydroxyl groups is 1. The van der Waals surface area contributed by atoms with Crippen molar-refractivity contribution < 1.29 is 33.4 Å². The number of hydrogen-bond acceptors (Lipinski definition) is 9. The van der Waals surface area contributed by atoms with Crippen molar-refractivity contribution in [3.05, 3.63) is 16.4 Å². The topological polar surface area (TPSA) is 156 Å². The molecule has 1 aliphatic carbocycles. The van der Waals surface area contributed by atoms with Crippen molar-refractivity contribution in [2.75, 3.05) is 26.4 Å². The van der Waals surface area contributed by atoms with Gasteiger partial charge >= 0.3 is 5.76 Å². The van der Waals surface area contributed by atoms with Crippen molar-refractivity contribution in [1.82, 2.24) is 20.6 Å². The molecule has 2 atom stereocenters. The summed E-state index contributed by atoms with van der Waals surface area (Å²) in [6, 6.07) is 0.171. The fourth-order valence-corrected chi connectivity index (χ4v) is 4.68. The summed E-state index contributed by atoms with van der Waals surface area (Å²) < 4.78 is 14.9. The molecule has 1 aromatic rings. The number of morpholine rings is 1. The smallest absolute Gasteiger partial charge is 0.393 e. The number of nitrogens with zero attached hydrogens (tertiary/aromatic N) is 2. The Morgan fingerprint density at radius 1 is 0.952 bits per heavy atom. The van der Waals surface area contributed by atoms with Crippen molar-refractivity contribution in [2.45, 2.75) is 118 Å². The van der Waals surface area contributed by atoms with Gasteiger partial charge in [0.05, 0.1) is 44.6 Å². The normalized spacial score (nSPS) is 23.5. The maximum absolute atomic E-state index is 12.0. The van der Waals surface area contributed by atoms with Crippen LogP contribution in [-0.2, 0) is 23.9 Å². The van der Waals surface area contributed by atoms with E-state index >= 15 is 0 Å². The van der Waals surface area contributed by atoms with E-state index in [1.807, 2.05) is 46.4 Å². The first-order valence-corrected chi connectivity index (χ1v) is 15.5. The summed E-state index contributed by atoms with van der Waals surface area (Å²) in [5.41, 5.74) is 2.37. The van der Waals surface area contributed by atoms with Gasteiger partial charge in [0.15, 0.2) is 0 Å². The van der Waals surface area contributed by atoms with Gasteiger partial charge in [0, 0.05) is 17.8 Å². The molecule has 1 saturated carbocycles. The summed E-state index contributed by atoms with van der Waals surface area (Å²) >= 11 is 0. The van der Waals surface area contributed by atoms with Crippen LogP contribution in [0.25, 0.3) is 0 Å². The van der Waals surface area contributed by atoms with Crippen molar-refractivity contribution in [1.29, 1.82) is 0 Å². The Bertz CT molecular complexity index is 970. The highest BCUT2D eigenvalue weighted by atomic mass is 16.7. The second-order valence-electron chi connectivity index (χ2n) is 12.8. The van der Waals surface area contributed by atoms with E-state index in [4.69, 9.17) is 14.3 Å². The monoisotopic (exact) mass is 598 g/mol. The summed E-state index contributed by atoms with van der Waals surface area (Å²) in [4.78, 5) is 40.1. The van der Waals surface area contributed by atoms with E-state index in [1.165, 1.54) is 19.3 Å². The number of aliphatic hydroxyl groups excluding tert-OH is 1. The molecule has 12 nitrogen and oxygen atoms in total. The van der Waals surface area contributed by atoms with Crippen LogP contribution in [0.4, 0.5) is 0 Å². The zero-order valence-corrected chi connectivity index (χ0v) is 26.8. The largest absolute Gasteiger partial charge is 0.434 e. The van der Waals surface area contributed by atoms with Crippen LogP contribution in [0.2, 0.25) is 0 Å². The molecule has 2 unspecified atom stereocenters. The van der Waals surface area contributed by atoms with Gasteiger partial charge in [0.2, 0.25) is 17.7 Å². The number of H-pyrrole nitrogens is 1. The minimum Gasteiger partial charge on any atom is -0.393 e. The molecule has 1 aromatic heterocycles. The molecule has 2 amide bonds. The Balaban J connectivity index is 0.000000204. The zero-order chi connectivity index (χ0) is 31.4. The number of carbonyl (C=O) groups is 2. The van der Waals surface area contributed by atoms with Crippen molar-refractivity contribution in [3.8, 4) is 0 Å². The van der Waals surface area contributed by atoms with Gasteiger partial charge < -0.3 is 23.9 Å². The molecule has 3 N–H and O–H groups in total. The van der Waals surface area contributed by atoms with E-state index in [-0.39, 0.29) is 53.9 Å². The van der Waals surface area contributed by atoms with Crippen molar-refractivity contribution in [2.24, 2.45) is 23.7 Å². The lowest BCUT2D eigenvalue weighted by molar-refractivity contribution is -0.176. The van der Waals surface area contributed by atoms with Gasteiger partial charge in [-0.3, -0.25) is 14.4 Å². The maximum Gasteiger partial charge on any atom is 0.434 e. The standard InChI is InChI=1S/C11H19NO3.C7H13NO3.C7H14.C5H8N2O2/c1-7(2)11(14)12-8-3-10(13)4-9(12)6-15-5-8;1-5(2)7(9)8-11-6-3-10-4-6;1-6(2)7-4-3-5-7;1-3(2)4-6-7-5(8)9-4/h7-10,13H,3-6H2,1-2H3;5-6H,3-4H2,1-2H3,(H,8,9);6-7H,3-5H2,1-2H3;3H,1-2H3,(H,7,8). The second-order valence-corrected chi connectivity index (χ2v) is 12.8. The first-order valence-electron chi connectivity index (χ1n) is 15.5. The Labute approximate surface area is 250 Å². The number of rotatable bonds is 6. The van der Waals surface area contributed by atoms with Gasteiger partial charge in [-0.2, -0.15) is 0 Å². The highest BCUT2D eigenvalue weighted by molar-refractivity contribution is 5.79. The number of aromatic nitrogens is 2. The van der Waals surface area contributed by atoms with Crippen LogP contribution < -0.4 is 11.2 Å². The molecule has 3 aliphatic heterocycles. The molecule has 4 heterocycles. The second kappa shape index (κ2) is 17.7. The lowest BCUT2D eigenvalue weighted by Crippen LogP contribution is -2.60. The highest BCUT2D eigenvalue weighted by Crippen LogP contribution is 2.32. The van der Waals surface area contributed by atoms with Gasteiger partial charge in [-0.15, -0.1) is 5.10 Å². The third-order valence-electron chi connectivity index (χ3n) is 7.74. The molecule has 2 bridgehead atoms. The lowest BCUT2D eigenvalue weighted by Gasteiger charge is -2.48. The molecule has 0 aromatic carbocycles. The average molecular weight is 599 g/mol. The number of carbonyl (C=O) groups excluding carboxylic acids is 2. The summed E-state index contributed by atoms with van der Waals surface area (Å²) in [6.07, 6.45) is 5.60. The maximum atomic E-state index is 12.0. The molecule has 42 heavy (non-hydrogen) atoms. The molecule has 3 saturated heterocycles. The van der Waals surface area contributed by atoms with Crippen LogP contribution in [0.3, 0.4) is 0 Å². The predicted molar refractivity (Wildman–Crippen MR) is 157 cm³/mol.